The molecule has 1 rings (SSSR count). The quantitative estimate of drug-likeness (QED) is 0.629. The molecule has 17 heavy (non-hydrogen) atoms. The number of nitro benzene ring substituents is 1. The molecule has 0 bridgehead atoms. The number of nitrogens with one attached hydrogen (secondary N) is 1. The van der Waals surface area contributed by atoms with Gasteiger partial charge >= 0.3 is 0 Å². The van der Waals surface area contributed by atoms with Crippen molar-refractivity contribution in [3.05, 3.63) is 33.3 Å². The molecule has 0 fully saturated rings. The smallest absolute Gasteiger partial charge is 0.293 e. The second-order valence-electron chi connectivity index (χ2n) is 3.98. The van der Waals surface area contributed by atoms with Crippen LogP contribution in [0.4, 0.5) is 11.4 Å². The van der Waals surface area contributed by atoms with Gasteiger partial charge in [0.15, 0.2) is 0 Å². The molecule has 5 nitrogen and oxygen atoms in total. The Balaban J connectivity index is 3.00. The first-order chi connectivity index (χ1) is 7.97. The van der Waals surface area contributed by atoms with Crippen LogP contribution < -0.4 is 5.32 Å². The summed E-state index contributed by atoms with van der Waals surface area (Å²) >= 11 is 5.94. The lowest BCUT2D eigenvalue weighted by atomic mass is 10.0. The van der Waals surface area contributed by atoms with Crippen LogP contribution in [0.15, 0.2) is 18.2 Å². The Morgan fingerprint density at radius 2 is 2.18 bits per heavy atom. The van der Waals surface area contributed by atoms with E-state index in [1.165, 1.54) is 12.1 Å². The Labute approximate surface area is 105 Å². The van der Waals surface area contributed by atoms with Crippen LogP contribution in [0, 0.1) is 16.0 Å². The fourth-order valence-electron chi connectivity index (χ4n) is 1.34. The van der Waals surface area contributed by atoms with Gasteiger partial charge in [-0.2, -0.15) is 0 Å². The molecule has 2 N–H and O–H groups in total. The lowest BCUT2D eigenvalue weighted by Crippen LogP contribution is -2.26. The van der Waals surface area contributed by atoms with Gasteiger partial charge < -0.3 is 10.4 Å². The molecule has 0 aliphatic rings. The SMILES string of the molecule is CC(CO)C(C)Nc1c(Cl)cccc1[N+](=O)[O-]. The molecule has 94 valence electrons. The summed E-state index contributed by atoms with van der Waals surface area (Å²) in [5.74, 6) is -0.0223. The molecule has 2 unspecified atom stereocenters. The van der Waals surface area contributed by atoms with E-state index < -0.39 is 4.92 Å². The van der Waals surface area contributed by atoms with Gasteiger partial charge in [-0.25, -0.2) is 0 Å². The summed E-state index contributed by atoms with van der Waals surface area (Å²) in [4.78, 5) is 10.4. The first kappa shape index (κ1) is 13.7. The van der Waals surface area contributed by atoms with Crippen molar-refractivity contribution >= 4 is 23.0 Å². The summed E-state index contributed by atoms with van der Waals surface area (Å²) in [5.41, 5.74) is 0.237. The van der Waals surface area contributed by atoms with Gasteiger partial charge in [-0.1, -0.05) is 24.6 Å². The first-order valence-electron chi connectivity index (χ1n) is 5.27. The van der Waals surface area contributed by atoms with Crippen molar-refractivity contribution in [1.82, 2.24) is 0 Å². The standard InChI is InChI=1S/C11H15ClN2O3/c1-7(6-15)8(2)13-11-9(12)4-3-5-10(11)14(16)17/h3-5,7-8,13,15H,6H2,1-2H3. The zero-order chi connectivity index (χ0) is 13.0. The summed E-state index contributed by atoms with van der Waals surface area (Å²) in [6, 6.07) is 4.41. The van der Waals surface area contributed by atoms with Crippen LogP contribution in [-0.4, -0.2) is 22.7 Å². The van der Waals surface area contributed by atoms with Crippen LogP contribution in [0.1, 0.15) is 13.8 Å². The molecule has 0 radical (unpaired) electrons. The monoisotopic (exact) mass is 258 g/mol. The summed E-state index contributed by atoms with van der Waals surface area (Å²) in [6.45, 7) is 3.70. The van der Waals surface area contributed by atoms with E-state index in [0.717, 1.165) is 0 Å². The van der Waals surface area contributed by atoms with Gasteiger partial charge in [-0.05, 0) is 18.9 Å². The van der Waals surface area contributed by atoms with Crippen molar-refractivity contribution in [2.75, 3.05) is 11.9 Å². The van der Waals surface area contributed by atoms with Gasteiger partial charge in [0, 0.05) is 18.7 Å². The number of hydrogen-bond acceptors (Lipinski definition) is 4. The molecule has 2 atom stereocenters. The molecule has 0 aromatic heterocycles. The number of halogens is 1. The third-order valence-corrected chi connectivity index (χ3v) is 3.02. The Morgan fingerprint density at radius 1 is 1.53 bits per heavy atom. The normalized spacial score (nSPS) is 14.1. The Kier molecular flexibility index (Phi) is 4.72. The Morgan fingerprint density at radius 3 is 2.71 bits per heavy atom. The Bertz CT molecular complexity index is 412. The maximum absolute atomic E-state index is 10.9. The van der Waals surface area contributed by atoms with Gasteiger partial charge in [0.1, 0.15) is 5.69 Å². The molecule has 0 heterocycles. The highest BCUT2D eigenvalue weighted by molar-refractivity contribution is 6.33. The zero-order valence-corrected chi connectivity index (χ0v) is 10.4. The summed E-state index contributed by atoms with van der Waals surface area (Å²) in [5, 5.41) is 23.2. The highest BCUT2D eigenvalue weighted by atomic mass is 35.5. The molecule has 0 spiro atoms. The number of hydrogen-bond donors (Lipinski definition) is 2. The molecule has 0 saturated carbocycles. The fraction of sp³-hybridized carbons (Fsp3) is 0.455. The van der Waals surface area contributed by atoms with E-state index in [2.05, 4.69) is 5.32 Å². The summed E-state index contributed by atoms with van der Waals surface area (Å²) in [7, 11) is 0. The van der Waals surface area contributed by atoms with Crippen LogP contribution in [0.3, 0.4) is 0 Å². The number of aliphatic hydroxyl groups excluding tert-OH is 1. The highest BCUT2D eigenvalue weighted by Crippen LogP contribution is 2.32. The van der Waals surface area contributed by atoms with Crippen molar-refractivity contribution in [3.63, 3.8) is 0 Å². The molecule has 1 aromatic carbocycles. The van der Waals surface area contributed by atoms with Crippen molar-refractivity contribution in [1.29, 1.82) is 0 Å². The molecule has 0 amide bonds. The highest BCUT2D eigenvalue weighted by Gasteiger charge is 2.20. The van der Waals surface area contributed by atoms with Crippen LogP contribution in [-0.2, 0) is 0 Å². The number of aliphatic hydroxyl groups is 1. The van der Waals surface area contributed by atoms with Crippen LogP contribution >= 0.6 is 11.6 Å². The largest absolute Gasteiger partial charge is 0.396 e. The molecule has 0 aliphatic carbocycles. The van der Waals surface area contributed by atoms with Gasteiger partial charge in [-0.3, -0.25) is 10.1 Å². The second-order valence-corrected chi connectivity index (χ2v) is 4.39. The van der Waals surface area contributed by atoms with Crippen LogP contribution in [0.25, 0.3) is 0 Å². The van der Waals surface area contributed by atoms with Crippen molar-refractivity contribution < 1.29 is 10.0 Å². The van der Waals surface area contributed by atoms with Gasteiger partial charge in [0.05, 0.1) is 9.95 Å². The fourth-order valence-corrected chi connectivity index (χ4v) is 1.56. The van der Waals surface area contributed by atoms with Crippen molar-refractivity contribution in [2.45, 2.75) is 19.9 Å². The first-order valence-corrected chi connectivity index (χ1v) is 5.65. The van der Waals surface area contributed by atoms with Crippen LogP contribution in [0.5, 0.6) is 0 Å². The van der Waals surface area contributed by atoms with Crippen molar-refractivity contribution in [3.8, 4) is 0 Å². The van der Waals surface area contributed by atoms with E-state index >= 15 is 0 Å². The molecule has 0 saturated heterocycles. The molecule has 0 aliphatic heterocycles. The van der Waals surface area contributed by atoms with E-state index in [0.29, 0.717) is 10.7 Å². The third-order valence-electron chi connectivity index (χ3n) is 2.70. The molecule has 6 heteroatoms. The minimum absolute atomic E-state index is 0.00637. The minimum atomic E-state index is -0.482. The van der Waals surface area contributed by atoms with Gasteiger partial charge in [0.25, 0.3) is 5.69 Å². The zero-order valence-electron chi connectivity index (χ0n) is 9.68. The van der Waals surface area contributed by atoms with Crippen LogP contribution in [0.2, 0.25) is 5.02 Å². The second kappa shape index (κ2) is 5.84. The van der Waals surface area contributed by atoms with E-state index in [4.69, 9.17) is 16.7 Å². The predicted octanol–water partition coefficient (Wildman–Crippen LogP) is 2.68. The number of nitro groups is 1. The van der Waals surface area contributed by atoms with Crippen molar-refractivity contribution in [2.24, 2.45) is 5.92 Å². The van der Waals surface area contributed by atoms with E-state index in [1.807, 2.05) is 13.8 Å². The number of nitrogens with zero attached hydrogens (tertiary/aromatic N) is 1. The topological polar surface area (TPSA) is 75.4 Å². The summed E-state index contributed by atoms with van der Waals surface area (Å²) < 4.78 is 0. The number of para-hydroxylation sites is 1. The number of rotatable bonds is 5. The Hall–Kier alpha value is -1.33. The summed E-state index contributed by atoms with van der Waals surface area (Å²) in [6.07, 6.45) is 0. The average Bonchev–Trinajstić information content (AvgIpc) is 2.30. The third kappa shape index (κ3) is 3.31. The van der Waals surface area contributed by atoms with E-state index in [-0.39, 0.29) is 24.3 Å². The van der Waals surface area contributed by atoms with E-state index in [9.17, 15) is 10.1 Å². The van der Waals surface area contributed by atoms with Gasteiger partial charge in [0.2, 0.25) is 0 Å². The minimum Gasteiger partial charge on any atom is -0.396 e. The molecular formula is C11H15ClN2O3. The maximum atomic E-state index is 10.9. The van der Waals surface area contributed by atoms with E-state index in [1.54, 1.807) is 6.07 Å². The predicted molar refractivity (Wildman–Crippen MR) is 67.4 cm³/mol. The number of benzene rings is 1. The van der Waals surface area contributed by atoms with Gasteiger partial charge in [-0.15, -0.1) is 0 Å². The molecule has 1 aromatic rings. The number of anilines is 1. The molecular weight excluding hydrogens is 244 g/mol. The average molecular weight is 259 g/mol. The lowest BCUT2D eigenvalue weighted by molar-refractivity contribution is -0.384. The maximum Gasteiger partial charge on any atom is 0.293 e. The lowest BCUT2D eigenvalue weighted by Gasteiger charge is -2.20.